The van der Waals surface area contributed by atoms with Crippen LogP contribution in [-0.4, -0.2) is 11.1 Å². The monoisotopic (exact) mass is 205 g/mol. The largest absolute Gasteiger partial charge is 0.392 e. The van der Waals surface area contributed by atoms with Crippen LogP contribution in [-0.2, 0) is 6.61 Å². The van der Waals surface area contributed by atoms with Crippen molar-refractivity contribution in [2.45, 2.75) is 39.3 Å². The van der Waals surface area contributed by atoms with E-state index in [0.717, 1.165) is 11.3 Å². The molecule has 15 heavy (non-hydrogen) atoms. The Morgan fingerprint density at radius 1 is 1.40 bits per heavy atom. The van der Waals surface area contributed by atoms with Gasteiger partial charge in [-0.05, 0) is 31.2 Å². The Morgan fingerprint density at radius 3 is 2.67 bits per heavy atom. The maximum atomic E-state index is 9.21. The van der Waals surface area contributed by atoms with Gasteiger partial charge in [-0.2, -0.15) is 0 Å². The molecule has 1 aliphatic rings. The molecular formula is C13H19NO. The molecule has 1 unspecified atom stereocenters. The summed E-state index contributed by atoms with van der Waals surface area (Å²) in [6.07, 6.45) is 2.62. The molecular weight excluding hydrogens is 186 g/mol. The Balaban J connectivity index is 2.09. The van der Waals surface area contributed by atoms with Gasteiger partial charge in [-0.25, -0.2) is 0 Å². The maximum absolute atomic E-state index is 9.21. The minimum atomic E-state index is 0.104. The van der Waals surface area contributed by atoms with Crippen molar-refractivity contribution >= 4 is 5.69 Å². The first-order chi connectivity index (χ1) is 7.15. The van der Waals surface area contributed by atoms with E-state index >= 15 is 0 Å². The summed E-state index contributed by atoms with van der Waals surface area (Å²) in [4.78, 5) is 0. The average Bonchev–Trinajstić information content (AvgIpc) is 2.99. The minimum Gasteiger partial charge on any atom is -0.392 e. The van der Waals surface area contributed by atoms with E-state index in [-0.39, 0.29) is 6.61 Å². The summed E-state index contributed by atoms with van der Waals surface area (Å²) < 4.78 is 0. The Hall–Kier alpha value is -1.02. The highest BCUT2D eigenvalue weighted by Crippen LogP contribution is 2.48. The molecule has 1 aromatic rings. The van der Waals surface area contributed by atoms with Gasteiger partial charge in [-0.3, -0.25) is 0 Å². The molecule has 82 valence electrons. The third kappa shape index (κ3) is 2.15. The van der Waals surface area contributed by atoms with Crippen molar-refractivity contribution in [2.24, 2.45) is 5.41 Å². The zero-order valence-corrected chi connectivity index (χ0v) is 9.46. The van der Waals surface area contributed by atoms with Crippen LogP contribution >= 0.6 is 0 Å². The number of aliphatic hydroxyl groups excluding tert-OH is 1. The van der Waals surface area contributed by atoms with Crippen LogP contribution < -0.4 is 5.32 Å². The van der Waals surface area contributed by atoms with Gasteiger partial charge in [0.15, 0.2) is 0 Å². The second kappa shape index (κ2) is 3.86. The van der Waals surface area contributed by atoms with Gasteiger partial charge >= 0.3 is 0 Å². The van der Waals surface area contributed by atoms with Crippen LogP contribution in [0.3, 0.4) is 0 Å². The van der Waals surface area contributed by atoms with Gasteiger partial charge in [-0.1, -0.05) is 25.1 Å². The third-order valence-corrected chi connectivity index (χ3v) is 3.64. The van der Waals surface area contributed by atoms with Gasteiger partial charge in [-0.15, -0.1) is 0 Å². The molecule has 0 saturated heterocycles. The molecule has 2 heteroatoms. The quantitative estimate of drug-likeness (QED) is 0.792. The van der Waals surface area contributed by atoms with E-state index < -0.39 is 0 Å². The molecule has 1 aromatic carbocycles. The standard InChI is InChI=1S/C13H19NO/c1-10(13(2)7-8-13)14-12-6-4-3-5-11(12)9-15/h3-6,10,14-15H,7-9H2,1-2H3. The second-order valence-electron chi connectivity index (χ2n) is 4.84. The van der Waals surface area contributed by atoms with E-state index in [1.807, 2.05) is 24.3 Å². The van der Waals surface area contributed by atoms with Crippen LogP contribution in [0.25, 0.3) is 0 Å². The van der Waals surface area contributed by atoms with Gasteiger partial charge in [0.2, 0.25) is 0 Å². The molecule has 2 nitrogen and oxygen atoms in total. The lowest BCUT2D eigenvalue weighted by Crippen LogP contribution is -2.25. The van der Waals surface area contributed by atoms with E-state index in [9.17, 15) is 5.11 Å². The molecule has 0 spiro atoms. The van der Waals surface area contributed by atoms with Crippen LogP contribution in [0, 0.1) is 5.41 Å². The Kier molecular flexibility index (Phi) is 2.70. The van der Waals surface area contributed by atoms with Crippen LogP contribution in [0.1, 0.15) is 32.3 Å². The first-order valence-electron chi connectivity index (χ1n) is 5.61. The van der Waals surface area contributed by atoms with Crippen LogP contribution in [0.4, 0.5) is 5.69 Å². The molecule has 1 aliphatic carbocycles. The van der Waals surface area contributed by atoms with Gasteiger partial charge in [0, 0.05) is 17.3 Å². The van der Waals surface area contributed by atoms with E-state index in [1.54, 1.807) is 0 Å². The van der Waals surface area contributed by atoms with E-state index in [4.69, 9.17) is 0 Å². The minimum absolute atomic E-state index is 0.104. The highest BCUT2D eigenvalue weighted by molar-refractivity contribution is 5.51. The molecule has 1 saturated carbocycles. The summed E-state index contributed by atoms with van der Waals surface area (Å²) in [5.74, 6) is 0. The average molecular weight is 205 g/mol. The van der Waals surface area contributed by atoms with Crippen molar-refractivity contribution in [3.63, 3.8) is 0 Å². The number of hydrogen-bond acceptors (Lipinski definition) is 2. The second-order valence-corrected chi connectivity index (χ2v) is 4.84. The fraction of sp³-hybridized carbons (Fsp3) is 0.538. The van der Waals surface area contributed by atoms with Crippen molar-refractivity contribution in [1.82, 2.24) is 0 Å². The van der Waals surface area contributed by atoms with Crippen molar-refractivity contribution in [3.8, 4) is 0 Å². The molecule has 2 rings (SSSR count). The van der Waals surface area contributed by atoms with E-state index in [1.165, 1.54) is 12.8 Å². The summed E-state index contributed by atoms with van der Waals surface area (Å²) in [5, 5.41) is 12.7. The number of rotatable bonds is 4. The van der Waals surface area contributed by atoms with Gasteiger partial charge in [0.1, 0.15) is 0 Å². The molecule has 0 bridgehead atoms. The Morgan fingerprint density at radius 2 is 2.07 bits per heavy atom. The third-order valence-electron chi connectivity index (χ3n) is 3.64. The maximum Gasteiger partial charge on any atom is 0.0701 e. The first-order valence-corrected chi connectivity index (χ1v) is 5.61. The van der Waals surface area contributed by atoms with Crippen LogP contribution in [0.15, 0.2) is 24.3 Å². The molecule has 0 aromatic heterocycles. The lowest BCUT2D eigenvalue weighted by molar-refractivity contribution is 0.282. The van der Waals surface area contributed by atoms with E-state index in [0.29, 0.717) is 11.5 Å². The Labute approximate surface area is 91.3 Å². The van der Waals surface area contributed by atoms with Crippen molar-refractivity contribution < 1.29 is 5.11 Å². The number of nitrogens with one attached hydrogen (secondary N) is 1. The molecule has 1 atom stereocenters. The number of aliphatic hydroxyl groups is 1. The predicted octanol–water partition coefficient (Wildman–Crippen LogP) is 2.78. The fourth-order valence-corrected chi connectivity index (χ4v) is 1.84. The number of para-hydroxylation sites is 1. The molecule has 2 N–H and O–H groups in total. The topological polar surface area (TPSA) is 32.3 Å². The Bertz CT molecular complexity index is 344. The van der Waals surface area contributed by atoms with Crippen molar-refractivity contribution in [3.05, 3.63) is 29.8 Å². The highest BCUT2D eigenvalue weighted by atomic mass is 16.3. The summed E-state index contributed by atoms with van der Waals surface area (Å²) in [5.41, 5.74) is 2.51. The van der Waals surface area contributed by atoms with E-state index in [2.05, 4.69) is 19.2 Å². The molecule has 1 fully saturated rings. The molecule has 0 aliphatic heterocycles. The smallest absolute Gasteiger partial charge is 0.0701 e. The zero-order chi connectivity index (χ0) is 10.9. The lowest BCUT2D eigenvalue weighted by Gasteiger charge is -2.23. The summed E-state index contributed by atoms with van der Waals surface area (Å²) in [6, 6.07) is 8.44. The number of hydrogen-bond donors (Lipinski definition) is 2. The molecule has 0 amide bonds. The van der Waals surface area contributed by atoms with Gasteiger partial charge in [0.25, 0.3) is 0 Å². The highest BCUT2D eigenvalue weighted by Gasteiger charge is 2.42. The predicted molar refractivity (Wildman–Crippen MR) is 62.8 cm³/mol. The summed E-state index contributed by atoms with van der Waals surface area (Å²) in [7, 11) is 0. The lowest BCUT2D eigenvalue weighted by atomic mass is 10.00. The summed E-state index contributed by atoms with van der Waals surface area (Å²) >= 11 is 0. The zero-order valence-electron chi connectivity index (χ0n) is 9.46. The number of anilines is 1. The molecule has 0 radical (unpaired) electrons. The van der Waals surface area contributed by atoms with Crippen LogP contribution in [0.5, 0.6) is 0 Å². The fourth-order valence-electron chi connectivity index (χ4n) is 1.84. The van der Waals surface area contributed by atoms with Gasteiger partial charge < -0.3 is 10.4 Å². The van der Waals surface area contributed by atoms with Crippen molar-refractivity contribution in [2.75, 3.05) is 5.32 Å². The molecule has 0 heterocycles. The first kappa shape index (κ1) is 10.5. The normalized spacial score (nSPS) is 19.7. The van der Waals surface area contributed by atoms with Crippen LogP contribution in [0.2, 0.25) is 0 Å². The van der Waals surface area contributed by atoms with Gasteiger partial charge in [0.05, 0.1) is 6.61 Å². The SMILES string of the molecule is CC(Nc1ccccc1CO)C1(C)CC1. The number of benzene rings is 1. The summed E-state index contributed by atoms with van der Waals surface area (Å²) in [6.45, 7) is 4.64. The van der Waals surface area contributed by atoms with Crippen molar-refractivity contribution in [1.29, 1.82) is 0 Å².